The van der Waals surface area contributed by atoms with E-state index in [0.29, 0.717) is 12.0 Å². The Morgan fingerprint density at radius 1 is 1.05 bits per heavy atom. The molecule has 108 valence electrons. The Kier molecular flexibility index (Phi) is 7.57. The number of benzene rings is 1. The van der Waals surface area contributed by atoms with Crippen LogP contribution in [0.15, 0.2) is 24.3 Å². The van der Waals surface area contributed by atoms with Crippen molar-refractivity contribution in [3.05, 3.63) is 29.8 Å². The number of hydrogen-bond donors (Lipinski definition) is 1. The van der Waals surface area contributed by atoms with Gasteiger partial charge in [-0.3, -0.25) is 0 Å². The number of aryl methyl sites for hydroxylation is 1. The van der Waals surface area contributed by atoms with E-state index in [2.05, 4.69) is 57.3 Å². The third kappa shape index (κ3) is 7.22. The van der Waals surface area contributed by atoms with Crippen molar-refractivity contribution in [3.8, 4) is 5.75 Å². The second-order valence-electron chi connectivity index (χ2n) is 5.67. The van der Waals surface area contributed by atoms with E-state index < -0.39 is 0 Å². The Hall–Kier alpha value is -1.02. The minimum Gasteiger partial charge on any atom is -0.494 e. The Balaban J connectivity index is 2.30. The first-order valence-corrected chi connectivity index (χ1v) is 7.57. The molecule has 0 amide bonds. The summed E-state index contributed by atoms with van der Waals surface area (Å²) in [5, 5.41) is 3.44. The molecule has 2 heteroatoms. The summed E-state index contributed by atoms with van der Waals surface area (Å²) >= 11 is 0. The average Bonchev–Trinajstić information content (AvgIpc) is 2.38. The van der Waals surface area contributed by atoms with Gasteiger partial charge in [-0.25, -0.2) is 0 Å². The van der Waals surface area contributed by atoms with Gasteiger partial charge in [0.25, 0.3) is 0 Å². The Morgan fingerprint density at radius 2 is 1.74 bits per heavy atom. The normalized spacial score (nSPS) is 12.7. The van der Waals surface area contributed by atoms with Crippen molar-refractivity contribution < 1.29 is 4.74 Å². The molecule has 0 bridgehead atoms. The van der Waals surface area contributed by atoms with E-state index in [9.17, 15) is 0 Å². The molecule has 1 N–H and O–H groups in total. The molecule has 0 aliphatic rings. The smallest absolute Gasteiger partial charge is 0.119 e. The van der Waals surface area contributed by atoms with Gasteiger partial charge < -0.3 is 10.1 Å². The second kappa shape index (κ2) is 8.98. The molecule has 1 aromatic rings. The molecule has 0 saturated carbocycles. The maximum Gasteiger partial charge on any atom is 0.119 e. The average molecular weight is 263 g/mol. The summed E-state index contributed by atoms with van der Waals surface area (Å²) in [6.07, 6.45) is 3.42. The Morgan fingerprint density at radius 3 is 2.32 bits per heavy atom. The fourth-order valence-electron chi connectivity index (χ4n) is 2.00. The molecule has 1 unspecified atom stereocenters. The van der Waals surface area contributed by atoms with Crippen LogP contribution >= 0.6 is 0 Å². The molecule has 1 rings (SSSR count). The fraction of sp³-hybridized carbons (Fsp3) is 0.647. The molecule has 0 radical (unpaired) electrons. The van der Waals surface area contributed by atoms with E-state index >= 15 is 0 Å². The number of hydrogen-bond acceptors (Lipinski definition) is 2. The molecule has 0 aliphatic heterocycles. The first kappa shape index (κ1) is 16.0. The summed E-state index contributed by atoms with van der Waals surface area (Å²) in [5.41, 5.74) is 1.39. The Labute approximate surface area is 118 Å². The predicted octanol–water partition coefficient (Wildman–Crippen LogP) is 4.04. The quantitative estimate of drug-likeness (QED) is 0.726. The van der Waals surface area contributed by atoms with Crippen LogP contribution in [-0.2, 0) is 6.42 Å². The van der Waals surface area contributed by atoms with Crippen molar-refractivity contribution in [2.75, 3.05) is 13.2 Å². The minimum atomic E-state index is 0.590. The van der Waals surface area contributed by atoms with Crippen LogP contribution in [0.2, 0.25) is 0 Å². The lowest BCUT2D eigenvalue weighted by Crippen LogP contribution is -2.25. The topological polar surface area (TPSA) is 21.3 Å². The molecule has 2 nitrogen and oxygen atoms in total. The molecular weight excluding hydrogens is 234 g/mol. The van der Waals surface area contributed by atoms with Crippen molar-refractivity contribution in [3.63, 3.8) is 0 Å². The lowest BCUT2D eigenvalue weighted by atomic mass is 10.1. The van der Waals surface area contributed by atoms with Crippen LogP contribution < -0.4 is 10.1 Å². The molecule has 0 aliphatic carbocycles. The lowest BCUT2D eigenvalue weighted by molar-refractivity contribution is 0.289. The molecule has 19 heavy (non-hydrogen) atoms. The van der Waals surface area contributed by atoms with E-state index in [1.54, 1.807) is 0 Å². The van der Waals surface area contributed by atoms with Crippen molar-refractivity contribution in [2.45, 2.75) is 53.0 Å². The zero-order valence-corrected chi connectivity index (χ0v) is 12.9. The standard InChI is InChI=1S/C17H29NO/c1-5-18-15(4)6-7-16-8-10-17(11-9-16)19-13-12-14(2)3/h8-11,14-15,18H,5-7,12-13H2,1-4H3. The maximum absolute atomic E-state index is 5.72. The van der Waals surface area contributed by atoms with Crippen molar-refractivity contribution in [1.82, 2.24) is 5.32 Å². The van der Waals surface area contributed by atoms with Crippen LogP contribution in [0, 0.1) is 5.92 Å². The van der Waals surface area contributed by atoms with E-state index in [4.69, 9.17) is 4.74 Å². The third-order valence-electron chi connectivity index (χ3n) is 3.31. The molecule has 0 fully saturated rings. The highest BCUT2D eigenvalue weighted by molar-refractivity contribution is 5.27. The predicted molar refractivity (Wildman–Crippen MR) is 82.9 cm³/mol. The van der Waals surface area contributed by atoms with Gasteiger partial charge in [-0.05, 0) is 56.3 Å². The van der Waals surface area contributed by atoms with Crippen LogP contribution in [-0.4, -0.2) is 19.2 Å². The molecule has 0 aromatic heterocycles. The lowest BCUT2D eigenvalue weighted by Gasteiger charge is -2.12. The van der Waals surface area contributed by atoms with Crippen LogP contribution in [0.4, 0.5) is 0 Å². The third-order valence-corrected chi connectivity index (χ3v) is 3.31. The first-order valence-electron chi connectivity index (χ1n) is 7.57. The number of ether oxygens (including phenoxy) is 1. The van der Waals surface area contributed by atoms with Crippen LogP contribution in [0.1, 0.15) is 46.1 Å². The fourth-order valence-corrected chi connectivity index (χ4v) is 2.00. The van der Waals surface area contributed by atoms with Gasteiger partial charge in [0, 0.05) is 6.04 Å². The van der Waals surface area contributed by atoms with E-state index in [-0.39, 0.29) is 0 Å². The molecule has 0 saturated heterocycles. The zero-order chi connectivity index (χ0) is 14.1. The van der Waals surface area contributed by atoms with Crippen molar-refractivity contribution >= 4 is 0 Å². The van der Waals surface area contributed by atoms with Gasteiger partial charge in [-0.2, -0.15) is 0 Å². The van der Waals surface area contributed by atoms with E-state index in [1.165, 1.54) is 12.0 Å². The number of nitrogens with one attached hydrogen (secondary N) is 1. The summed E-state index contributed by atoms with van der Waals surface area (Å²) in [4.78, 5) is 0. The molecule has 0 spiro atoms. The summed E-state index contributed by atoms with van der Waals surface area (Å²) in [6, 6.07) is 9.14. The van der Waals surface area contributed by atoms with Crippen LogP contribution in [0.5, 0.6) is 5.75 Å². The van der Waals surface area contributed by atoms with Gasteiger partial charge in [-0.1, -0.05) is 32.9 Å². The summed E-state index contributed by atoms with van der Waals surface area (Å²) in [7, 11) is 0. The van der Waals surface area contributed by atoms with Crippen LogP contribution in [0.25, 0.3) is 0 Å². The van der Waals surface area contributed by atoms with Gasteiger partial charge in [0.1, 0.15) is 5.75 Å². The highest BCUT2D eigenvalue weighted by atomic mass is 16.5. The van der Waals surface area contributed by atoms with Gasteiger partial charge in [0.05, 0.1) is 6.61 Å². The van der Waals surface area contributed by atoms with E-state index in [1.807, 2.05) is 0 Å². The molecule has 1 aromatic carbocycles. The highest BCUT2D eigenvalue weighted by Crippen LogP contribution is 2.15. The zero-order valence-electron chi connectivity index (χ0n) is 12.9. The summed E-state index contributed by atoms with van der Waals surface area (Å²) in [6.45, 7) is 10.7. The van der Waals surface area contributed by atoms with E-state index in [0.717, 1.165) is 31.7 Å². The molecule has 0 heterocycles. The minimum absolute atomic E-state index is 0.590. The summed E-state index contributed by atoms with van der Waals surface area (Å²) in [5.74, 6) is 1.69. The number of rotatable bonds is 9. The van der Waals surface area contributed by atoms with Crippen LogP contribution in [0.3, 0.4) is 0 Å². The summed E-state index contributed by atoms with van der Waals surface area (Å²) < 4.78 is 5.72. The van der Waals surface area contributed by atoms with Gasteiger partial charge in [0.15, 0.2) is 0 Å². The molecule has 1 atom stereocenters. The van der Waals surface area contributed by atoms with Gasteiger partial charge >= 0.3 is 0 Å². The van der Waals surface area contributed by atoms with Gasteiger partial charge in [-0.15, -0.1) is 0 Å². The molecular formula is C17H29NO. The second-order valence-corrected chi connectivity index (χ2v) is 5.67. The maximum atomic E-state index is 5.72. The first-order chi connectivity index (χ1) is 9.11. The monoisotopic (exact) mass is 263 g/mol. The van der Waals surface area contributed by atoms with Crippen molar-refractivity contribution in [2.24, 2.45) is 5.92 Å². The Bertz CT molecular complexity index is 332. The largest absolute Gasteiger partial charge is 0.494 e. The SMILES string of the molecule is CCNC(C)CCc1ccc(OCCC(C)C)cc1. The highest BCUT2D eigenvalue weighted by Gasteiger charge is 2.01. The van der Waals surface area contributed by atoms with Gasteiger partial charge in [0.2, 0.25) is 0 Å². The van der Waals surface area contributed by atoms with Crippen molar-refractivity contribution in [1.29, 1.82) is 0 Å².